The maximum Gasteiger partial charge on any atom is 0.229 e. The van der Waals surface area contributed by atoms with Gasteiger partial charge in [0.1, 0.15) is 0 Å². The van der Waals surface area contributed by atoms with Crippen LogP contribution in [0, 0.1) is 0 Å². The number of para-hydroxylation sites is 1. The Balaban J connectivity index is 2.05. The molecule has 0 radical (unpaired) electrons. The van der Waals surface area contributed by atoms with E-state index in [4.69, 9.17) is 4.98 Å². The molecule has 0 aliphatic heterocycles. The monoisotopic (exact) mass is 450 g/mol. The number of fused-ring (bicyclic) bond motifs is 1. The number of carbonyl (C=O) groups is 1. The SMILES string of the molecule is CCN(CC)CCN(CCN(CC)CC)c1ccccc1-c1nc2ncccc2n1C(C)=O. The lowest BCUT2D eigenvalue weighted by Gasteiger charge is -2.31. The van der Waals surface area contributed by atoms with Crippen molar-refractivity contribution in [2.45, 2.75) is 34.6 Å². The summed E-state index contributed by atoms with van der Waals surface area (Å²) in [5.74, 6) is 0.593. The van der Waals surface area contributed by atoms with E-state index in [1.54, 1.807) is 17.7 Å². The molecule has 2 aromatic heterocycles. The lowest BCUT2D eigenvalue weighted by atomic mass is 10.1. The van der Waals surface area contributed by atoms with Crippen molar-refractivity contribution in [2.24, 2.45) is 0 Å². The first-order valence-corrected chi connectivity index (χ1v) is 12.2. The van der Waals surface area contributed by atoms with Gasteiger partial charge in [0.15, 0.2) is 11.5 Å². The topological polar surface area (TPSA) is 57.5 Å². The van der Waals surface area contributed by atoms with Crippen LogP contribution >= 0.6 is 0 Å². The molecule has 0 aliphatic rings. The minimum absolute atomic E-state index is 0.0619. The van der Waals surface area contributed by atoms with Gasteiger partial charge in [-0.15, -0.1) is 0 Å². The Hall–Kier alpha value is -2.77. The minimum atomic E-state index is -0.0619. The van der Waals surface area contributed by atoms with Gasteiger partial charge in [-0.25, -0.2) is 9.97 Å². The lowest BCUT2D eigenvalue weighted by molar-refractivity contribution is 0.0943. The summed E-state index contributed by atoms with van der Waals surface area (Å²) >= 11 is 0. The van der Waals surface area contributed by atoms with E-state index in [2.05, 4.69) is 65.6 Å². The highest BCUT2D eigenvalue weighted by molar-refractivity contribution is 5.94. The summed E-state index contributed by atoms with van der Waals surface area (Å²) < 4.78 is 1.69. The fourth-order valence-corrected chi connectivity index (χ4v) is 4.31. The van der Waals surface area contributed by atoms with Crippen LogP contribution in [0.25, 0.3) is 22.6 Å². The maximum absolute atomic E-state index is 12.6. The van der Waals surface area contributed by atoms with Gasteiger partial charge in [-0.1, -0.05) is 39.8 Å². The number of aromatic nitrogens is 3. The van der Waals surface area contributed by atoms with Gasteiger partial charge in [-0.3, -0.25) is 9.36 Å². The van der Waals surface area contributed by atoms with Gasteiger partial charge >= 0.3 is 0 Å². The third-order valence-corrected chi connectivity index (χ3v) is 6.39. The zero-order valence-corrected chi connectivity index (χ0v) is 20.8. The van der Waals surface area contributed by atoms with Crippen molar-refractivity contribution in [3.63, 3.8) is 0 Å². The number of hydrogen-bond donors (Lipinski definition) is 0. The van der Waals surface area contributed by atoms with Gasteiger partial charge in [0.05, 0.1) is 5.52 Å². The summed E-state index contributed by atoms with van der Waals surface area (Å²) in [5.41, 5.74) is 3.40. The van der Waals surface area contributed by atoms with Gasteiger partial charge < -0.3 is 14.7 Å². The molecule has 0 saturated carbocycles. The molecule has 0 fully saturated rings. The number of hydrogen-bond acceptors (Lipinski definition) is 6. The van der Waals surface area contributed by atoms with Gasteiger partial charge in [-0.05, 0) is 50.4 Å². The molecular weight excluding hydrogens is 412 g/mol. The van der Waals surface area contributed by atoms with Gasteiger partial charge in [0.25, 0.3) is 0 Å². The first-order chi connectivity index (χ1) is 16.0. The molecule has 2 heterocycles. The Morgan fingerprint density at radius 2 is 1.45 bits per heavy atom. The van der Waals surface area contributed by atoms with E-state index in [9.17, 15) is 4.79 Å². The van der Waals surface area contributed by atoms with Crippen LogP contribution < -0.4 is 4.90 Å². The van der Waals surface area contributed by atoms with Crippen molar-refractivity contribution >= 4 is 22.8 Å². The summed E-state index contributed by atoms with van der Waals surface area (Å²) in [4.78, 5) is 29.2. The quantitative estimate of drug-likeness (QED) is 0.411. The highest BCUT2D eigenvalue weighted by Crippen LogP contribution is 2.32. The molecule has 7 heteroatoms. The second-order valence-electron chi connectivity index (χ2n) is 8.19. The number of imidazole rings is 1. The Bertz CT molecular complexity index is 1020. The molecule has 33 heavy (non-hydrogen) atoms. The molecular formula is C26H38N6O. The molecule has 0 bridgehead atoms. The predicted molar refractivity (Wildman–Crippen MR) is 137 cm³/mol. The van der Waals surface area contributed by atoms with Crippen molar-refractivity contribution < 1.29 is 4.79 Å². The van der Waals surface area contributed by atoms with Gasteiger partial charge in [-0.2, -0.15) is 0 Å². The van der Waals surface area contributed by atoms with Crippen molar-refractivity contribution in [3.05, 3.63) is 42.6 Å². The van der Waals surface area contributed by atoms with Crippen LogP contribution in [0.4, 0.5) is 5.69 Å². The second-order valence-corrected chi connectivity index (χ2v) is 8.19. The highest BCUT2D eigenvalue weighted by Gasteiger charge is 2.21. The molecule has 0 N–H and O–H groups in total. The van der Waals surface area contributed by atoms with Crippen molar-refractivity contribution in [1.82, 2.24) is 24.3 Å². The van der Waals surface area contributed by atoms with Crippen LogP contribution in [0.5, 0.6) is 0 Å². The third kappa shape index (κ3) is 5.78. The molecule has 3 aromatic rings. The summed E-state index contributed by atoms with van der Waals surface area (Å²) in [6.07, 6.45) is 1.72. The van der Waals surface area contributed by atoms with E-state index in [0.29, 0.717) is 11.5 Å². The number of nitrogens with zero attached hydrogens (tertiary/aromatic N) is 6. The zero-order valence-electron chi connectivity index (χ0n) is 20.8. The van der Waals surface area contributed by atoms with Crippen LogP contribution in [0.1, 0.15) is 39.4 Å². The van der Waals surface area contributed by atoms with Crippen LogP contribution in [0.15, 0.2) is 42.6 Å². The first-order valence-electron chi connectivity index (χ1n) is 12.2. The number of carbonyl (C=O) groups excluding carboxylic acids is 1. The minimum Gasteiger partial charge on any atom is -0.368 e. The Kier molecular flexibility index (Phi) is 8.97. The van der Waals surface area contributed by atoms with Gasteiger partial charge in [0.2, 0.25) is 5.91 Å². The smallest absolute Gasteiger partial charge is 0.229 e. The van der Waals surface area contributed by atoms with E-state index in [-0.39, 0.29) is 5.91 Å². The predicted octanol–water partition coefficient (Wildman–Crippen LogP) is 4.25. The van der Waals surface area contributed by atoms with E-state index < -0.39 is 0 Å². The summed E-state index contributed by atoms with van der Waals surface area (Å²) in [7, 11) is 0. The fraction of sp³-hybridized carbons (Fsp3) is 0.500. The number of likely N-dealkylation sites (N-methyl/N-ethyl adjacent to an activating group) is 2. The lowest BCUT2D eigenvalue weighted by Crippen LogP contribution is -2.40. The standard InChI is InChI=1S/C26H38N6O/c1-6-29(7-2)17-19-31(20-18-30(8-3)9-4)23-14-11-10-13-22(23)26-28-25-24(15-12-16-27-25)32(26)21(5)33/h10-16H,6-9,17-20H2,1-5H3. The molecule has 7 nitrogen and oxygen atoms in total. The molecule has 0 unspecified atom stereocenters. The largest absolute Gasteiger partial charge is 0.368 e. The number of anilines is 1. The summed E-state index contributed by atoms with van der Waals surface area (Å²) in [6.45, 7) is 18.4. The third-order valence-electron chi connectivity index (χ3n) is 6.39. The fourth-order valence-electron chi connectivity index (χ4n) is 4.31. The average Bonchev–Trinajstić information content (AvgIpc) is 3.23. The summed E-state index contributed by atoms with van der Waals surface area (Å²) in [5, 5.41) is 0. The zero-order chi connectivity index (χ0) is 23.8. The van der Waals surface area contributed by atoms with E-state index in [0.717, 1.165) is 69.1 Å². The summed E-state index contributed by atoms with van der Waals surface area (Å²) in [6, 6.07) is 12.1. The Morgan fingerprint density at radius 1 is 0.848 bits per heavy atom. The normalized spacial score (nSPS) is 11.6. The van der Waals surface area contributed by atoms with Crippen molar-refractivity contribution in [2.75, 3.05) is 57.3 Å². The molecule has 0 atom stereocenters. The molecule has 0 saturated heterocycles. The van der Waals surface area contributed by atoms with E-state index in [1.165, 1.54) is 0 Å². The Labute approximate surface area is 198 Å². The van der Waals surface area contributed by atoms with Crippen LogP contribution in [0.2, 0.25) is 0 Å². The molecule has 0 aliphatic carbocycles. The van der Waals surface area contributed by atoms with Crippen LogP contribution in [-0.2, 0) is 0 Å². The number of rotatable bonds is 12. The maximum atomic E-state index is 12.6. The second kappa shape index (κ2) is 11.9. The highest BCUT2D eigenvalue weighted by atomic mass is 16.1. The Morgan fingerprint density at radius 3 is 2.03 bits per heavy atom. The number of pyridine rings is 1. The molecule has 0 spiro atoms. The first kappa shape index (κ1) is 24.9. The molecule has 3 rings (SSSR count). The van der Waals surface area contributed by atoms with Crippen molar-refractivity contribution in [1.29, 1.82) is 0 Å². The van der Waals surface area contributed by atoms with Crippen molar-refractivity contribution in [3.8, 4) is 11.4 Å². The van der Waals surface area contributed by atoms with Gasteiger partial charge in [0, 0.05) is 50.6 Å². The molecule has 0 amide bonds. The number of benzene rings is 1. The molecule has 1 aromatic carbocycles. The van der Waals surface area contributed by atoms with Crippen LogP contribution in [0.3, 0.4) is 0 Å². The van der Waals surface area contributed by atoms with E-state index >= 15 is 0 Å². The van der Waals surface area contributed by atoms with E-state index in [1.807, 2.05) is 18.2 Å². The van der Waals surface area contributed by atoms with Crippen LogP contribution in [-0.4, -0.2) is 82.6 Å². The average molecular weight is 451 g/mol. The molecule has 178 valence electrons.